The molecule has 1 fully saturated rings. The lowest BCUT2D eigenvalue weighted by Crippen LogP contribution is -2.42. The van der Waals surface area contributed by atoms with Crippen LogP contribution in [-0.4, -0.2) is 49.6 Å². The van der Waals surface area contributed by atoms with Crippen molar-refractivity contribution in [2.75, 3.05) is 13.1 Å². The van der Waals surface area contributed by atoms with Gasteiger partial charge < -0.3 is 4.90 Å². The van der Waals surface area contributed by atoms with E-state index in [0.29, 0.717) is 20.8 Å². The minimum atomic E-state index is -2.69. The molecule has 3 aromatic rings. The van der Waals surface area contributed by atoms with Gasteiger partial charge in [-0.05, 0) is 23.7 Å². The quantitative estimate of drug-likeness (QED) is 0.619. The third-order valence-electron chi connectivity index (χ3n) is 4.42. The molecule has 4 rings (SSSR count). The maximum atomic E-state index is 13.3. The molecule has 0 unspecified atom stereocenters. The van der Waals surface area contributed by atoms with Crippen LogP contribution in [0.4, 0.5) is 8.78 Å². The van der Waals surface area contributed by atoms with Crippen LogP contribution in [0.3, 0.4) is 0 Å². The molecule has 0 aromatic carbocycles. The summed E-state index contributed by atoms with van der Waals surface area (Å²) in [7, 11) is 1.78. The number of aryl methyl sites for hydroxylation is 1. The van der Waals surface area contributed by atoms with Crippen molar-refractivity contribution >= 4 is 39.1 Å². The van der Waals surface area contributed by atoms with Crippen molar-refractivity contribution in [3.05, 3.63) is 28.5 Å². The highest BCUT2D eigenvalue weighted by molar-refractivity contribution is 7.20. The highest BCUT2D eigenvalue weighted by Crippen LogP contribution is 2.34. The maximum absolute atomic E-state index is 13.3. The van der Waals surface area contributed by atoms with E-state index < -0.39 is 5.92 Å². The summed E-state index contributed by atoms with van der Waals surface area (Å²) in [5.41, 5.74) is 1.33. The van der Waals surface area contributed by atoms with E-state index in [1.54, 1.807) is 30.1 Å². The number of hydrogen-bond donors (Lipinski definition) is 0. The van der Waals surface area contributed by atoms with E-state index in [4.69, 9.17) is 11.6 Å². The Labute approximate surface area is 156 Å². The Balaban J connectivity index is 1.72. The Morgan fingerprint density at radius 3 is 2.69 bits per heavy atom. The Hall–Kier alpha value is -2.13. The fourth-order valence-electron chi connectivity index (χ4n) is 3.00. The van der Waals surface area contributed by atoms with Crippen LogP contribution in [0.1, 0.15) is 22.5 Å². The molecule has 0 atom stereocenters. The van der Waals surface area contributed by atoms with Crippen molar-refractivity contribution in [2.45, 2.75) is 18.8 Å². The van der Waals surface area contributed by atoms with E-state index in [2.05, 4.69) is 15.1 Å². The number of rotatable bonds is 2. The number of hydrogen-bond acceptors (Lipinski definition) is 5. The average Bonchev–Trinajstić information content (AvgIpc) is 3.19. The van der Waals surface area contributed by atoms with Crippen molar-refractivity contribution in [1.82, 2.24) is 24.6 Å². The zero-order valence-corrected chi connectivity index (χ0v) is 15.3. The molecule has 0 saturated carbocycles. The number of fused-ring (bicyclic) bond motifs is 1. The second-order valence-electron chi connectivity index (χ2n) is 6.16. The zero-order chi connectivity index (χ0) is 18.5. The van der Waals surface area contributed by atoms with Gasteiger partial charge >= 0.3 is 0 Å². The summed E-state index contributed by atoms with van der Waals surface area (Å²) >= 11 is 7.22. The Morgan fingerprint density at radius 1 is 1.31 bits per heavy atom. The summed E-state index contributed by atoms with van der Waals surface area (Å²) in [5.74, 6) is -2.96. The molecule has 1 amide bonds. The number of carbonyl (C=O) groups excluding carboxylic acids is 1. The molecule has 6 nitrogen and oxygen atoms in total. The van der Waals surface area contributed by atoms with Gasteiger partial charge in [0.15, 0.2) is 0 Å². The van der Waals surface area contributed by atoms with Gasteiger partial charge in [0.25, 0.3) is 11.8 Å². The molecule has 0 N–H and O–H groups in total. The summed E-state index contributed by atoms with van der Waals surface area (Å²) in [5, 5.41) is 4.89. The molecule has 1 saturated heterocycles. The predicted octanol–water partition coefficient (Wildman–Crippen LogP) is 3.62. The number of amides is 1. The molecule has 1 aliphatic rings. The molecule has 10 heteroatoms. The van der Waals surface area contributed by atoms with Gasteiger partial charge in [0.05, 0.1) is 10.6 Å². The molecule has 3 aromatic heterocycles. The van der Waals surface area contributed by atoms with Gasteiger partial charge in [0, 0.05) is 44.6 Å². The SMILES string of the molecule is Cn1nccc1-c1nc(Cl)nc2sc(C(=O)N3CCC(F)(F)CC3)cc12. The molecule has 4 heterocycles. The summed E-state index contributed by atoms with van der Waals surface area (Å²) in [6.45, 7) is 0.0855. The predicted molar refractivity (Wildman–Crippen MR) is 94.7 cm³/mol. The van der Waals surface area contributed by atoms with Crippen LogP contribution < -0.4 is 0 Å². The second-order valence-corrected chi connectivity index (χ2v) is 7.53. The smallest absolute Gasteiger partial charge is 0.264 e. The van der Waals surface area contributed by atoms with Gasteiger partial charge in [0.1, 0.15) is 10.5 Å². The fourth-order valence-corrected chi connectivity index (χ4v) is 4.21. The highest BCUT2D eigenvalue weighted by atomic mass is 35.5. The lowest BCUT2D eigenvalue weighted by atomic mass is 10.1. The van der Waals surface area contributed by atoms with Crippen LogP contribution in [0.2, 0.25) is 5.28 Å². The molecule has 0 aliphatic carbocycles. The zero-order valence-electron chi connectivity index (χ0n) is 13.7. The Morgan fingerprint density at radius 2 is 2.04 bits per heavy atom. The first kappa shape index (κ1) is 17.3. The summed E-state index contributed by atoms with van der Waals surface area (Å²) < 4.78 is 28.3. The average molecular weight is 398 g/mol. The number of aromatic nitrogens is 4. The number of thiophene rings is 1. The van der Waals surface area contributed by atoms with Crippen molar-refractivity contribution in [3.63, 3.8) is 0 Å². The molecular weight excluding hydrogens is 384 g/mol. The van der Waals surface area contributed by atoms with Crippen molar-refractivity contribution in [3.8, 4) is 11.4 Å². The standard InChI is InChI=1S/C16H14ClF2N5OS/c1-23-10(2-5-20-23)12-9-8-11(26-13(9)22-15(17)21-12)14(25)24-6-3-16(18,19)4-7-24/h2,5,8H,3-4,6-7H2,1H3. The third kappa shape index (κ3) is 3.05. The number of likely N-dealkylation sites (tertiary alicyclic amines) is 1. The lowest BCUT2D eigenvalue weighted by molar-refractivity contribution is -0.0493. The topological polar surface area (TPSA) is 63.9 Å². The summed E-state index contributed by atoms with van der Waals surface area (Å²) in [6, 6.07) is 3.50. The summed E-state index contributed by atoms with van der Waals surface area (Å²) in [4.78, 5) is 23.7. The second kappa shape index (κ2) is 6.24. The lowest BCUT2D eigenvalue weighted by Gasteiger charge is -2.31. The number of carbonyl (C=O) groups is 1. The molecule has 26 heavy (non-hydrogen) atoms. The van der Waals surface area contributed by atoms with Gasteiger partial charge in [-0.3, -0.25) is 9.48 Å². The first-order chi connectivity index (χ1) is 12.3. The van der Waals surface area contributed by atoms with E-state index in [-0.39, 0.29) is 37.1 Å². The van der Waals surface area contributed by atoms with Gasteiger partial charge in [-0.25, -0.2) is 18.7 Å². The molecule has 0 radical (unpaired) electrons. The number of alkyl halides is 2. The Bertz CT molecular complexity index is 992. The molecular formula is C16H14ClF2N5OS. The first-order valence-electron chi connectivity index (χ1n) is 7.97. The van der Waals surface area contributed by atoms with Crippen molar-refractivity contribution < 1.29 is 13.6 Å². The largest absolute Gasteiger partial charge is 0.338 e. The third-order valence-corrected chi connectivity index (χ3v) is 5.61. The van der Waals surface area contributed by atoms with E-state index in [1.807, 2.05) is 0 Å². The minimum absolute atomic E-state index is 0.0428. The van der Waals surface area contributed by atoms with E-state index >= 15 is 0 Å². The van der Waals surface area contributed by atoms with Crippen molar-refractivity contribution in [2.24, 2.45) is 7.05 Å². The van der Waals surface area contributed by atoms with Gasteiger partial charge in [-0.15, -0.1) is 11.3 Å². The van der Waals surface area contributed by atoms with Gasteiger partial charge in [-0.1, -0.05) is 0 Å². The van der Waals surface area contributed by atoms with Crippen LogP contribution in [0.5, 0.6) is 0 Å². The normalized spacial score (nSPS) is 17.0. The van der Waals surface area contributed by atoms with Crippen molar-refractivity contribution in [1.29, 1.82) is 0 Å². The maximum Gasteiger partial charge on any atom is 0.264 e. The van der Waals surface area contributed by atoms with Crippen LogP contribution in [-0.2, 0) is 7.05 Å². The molecule has 1 aliphatic heterocycles. The van der Waals surface area contributed by atoms with E-state index in [1.165, 1.54) is 16.2 Å². The van der Waals surface area contributed by atoms with Crippen LogP contribution in [0.25, 0.3) is 21.6 Å². The molecule has 0 bridgehead atoms. The monoisotopic (exact) mass is 397 g/mol. The number of nitrogens with zero attached hydrogens (tertiary/aromatic N) is 5. The van der Waals surface area contributed by atoms with Crippen LogP contribution >= 0.6 is 22.9 Å². The Kier molecular flexibility index (Phi) is 4.15. The highest BCUT2D eigenvalue weighted by Gasteiger charge is 2.36. The van der Waals surface area contributed by atoms with Gasteiger partial charge in [-0.2, -0.15) is 5.10 Å². The minimum Gasteiger partial charge on any atom is -0.338 e. The van der Waals surface area contributed by atoms with Crippen LogP contribution in [0.15, 0.2) is 18.3 Å². The first-order valence-corrected chi connectivity index (χ1v) is 9.16. The van der Waals surface area contributed by atoms with Crippen LogP contribution in [0, 0.1) is 0 Å². The van der Waals surface area contributed by atoms with E-state index in [0.717, 1.165) is 5.69 Å². The van der Waals surface area contributed by atoms with Gasteiger partial charge in [0.2, 0.25) is 5.28 Å². The molecule has 0 spiro atoms. The summed E-state index contributed by atoms with van der Waals surface area (Å²) in [6.07, 6.45) is 1.02. The number of halogens is 3. The fraction of sp³-hybridized carbons (Fsp3) is 0.375. The number of piperidine rings is 1. The molecule has 136 valence electrons. The van der Waals surface area contributed by atoms with E-state index in [9.17, 15) is 13.6 Å².